The highest BCUT2D eigenvalue weighted by molar-refractivity contribution is 7.85. The van der Waals surface area contributed by atoms with E-state index in [0.29, 0.717) is 5.56 Å². The van der Waals surface area contributed by atoms with Gasteiger partial charge >= 0.3 is 5.97 Å². The minimum absolute atomic E-state index is 0.139. The van der Waals surface area contributed by atoms with Gasteiger partial charge in [0, 0.05) is 18.4 Å². The molecule has 0 spiro atoms. The third-order valence-electron chi connectivity index (χ3n) is 4.19. The van der Waals surface area contributed by atoms with E-state index in [2.05, 4.69) is 5.32 Å². The molecule has 1 amide bonds. The average Bonchev–Trinajstić information content (AvgIpc) is 2.69. The fourth-order valence-corrected chi connectivity index (χ4v) is 3.28. The minimum atomic E-state index is -4.35. The van der Waals surface area contributed by atoms with E-state index < -0.39 is 40.2 Å². The van der Waals surface area contributed by atoms with Gasteiger partial charge in [-0.15, -0.1) is 0 Å². The number of ketones is 1. The highest BCUT2D eigenvalue weighted by atomic mass is 32.2. The summed E-state index contributed by atoms with van der Waals surface area (Å²) in [5.41, 5.74) is 2.04. The van der Waals surface area contributed by atoms with Crippen molar-refractivity contribution in [3.8, 4) is 11.1 Å². The molecule has 2 aromatic rings. The van der Waals surface area contributed by atoms with Gasteiger partial charge in [-0.05, 0) is 17.5 Å². The zero-order chi connectivity index (χ0) is 21.4. The Morgan fingerprint density at radius 2 is 1.55 bits per heavy atom. The molecule has 0 saturated carbocycles. The summed E-state index contributed by atoms with van der Waals surface area (Å²) < 4.78 is 30.3. The molecule has 154 valence electrons. The smallest absolute Gasteiger partial charge is 0.326 e. The van der Waals surface area contributed by atoms with Crippen LogP contribution in [0.2, 0.25) is 0 Å². The normalized spacial score (nSPS) is 12.2. The van der Waals surface area contributed by atoms with Crippen LogP contribution < -0.4 is 5.32 Å². The number of aliphatic carboxylic acids is 1. The fourth-order valence-electron chi connectivity index (χ4n) is 2.75. The molecule has 0 fully saturated rings. The Balaban J connectivity index is 2.00. The second kappa shape index (κ2) is 9.94. The van der Waals surface area contributed by atoms with Crippen LogP contribution in [-0.2, 0) is 19.7 Å². The van der Waals surface area contributed by atoms with Gasteiger partial charge in [0.1, 0.15) is 6.04 Å². The average molecular weight is 419 g/mol. The molecule has 0 aliphatic carbocycles. The molecule has 0 aliphatic heterocycles. The third-order valence-corrected chi connectivity index (χ3v) is 4.94. The largest absolute Gasteiger partial charge is 0.480 e. The fraction of sp³-hybridized carbons (Fsp3) is 0.250. The number of rotatable bonds is 10. The maximum absolute atomic E-state index is 12.6. The molecule has 0 unspecified atom stereocenters. The first-order chi connectivity index (χ1) is 13.7. The van der Waals surface area contributed by atoms with Crippen LogP contribution in [0.1, 0.15) is 29.6 Å². The van der Waals surface area contributed by atoms with E-state index in [4.69, 9.17) is 9.66 Å². The molecule has 3 N–H and O–H groups in total. The molecule has 0 saturated heterocycles. The second-order valence-corrected chi connectivity index (χ2v) is 7.94. The first-order valence-corrected chi connectivity index (χ1v) is 10.4. The van der Waals surface area contributed by atoms with Crippen LogP contribution in [-0.4, -0.2) is 47.5 Å². The molecule has 0 heterocycles. The Morgan fingerprint density at radius 3 is 2.17 bits per heavy atom. The summed E-state index contributed by atoms with van der Waals surface area (Å²) in [7, 11) is -4.35. The van der Waals surface area contributed by atoms with Crippen molar-refractivity contribution in [3.63, 3.8) is 0 Å². The molecule has 0 aromatic heterocycles. The number of hydrogen-bond donors (Lipinski definition) is 3. The third kappa shape index (κ3) is 7.13. The van der Waals surface area contributed by atoms with Crippen molar-refractivity contribution >= 4 is 27.8 Å². The van der Waals surface area contributed by atoms with Crippen molar-refractivity contribution in [1.82, 2.24) is 5.32 Å². The van der Waals surface area contributed by atoms with Crippen LogP contribution in [0.25, 0.3) is 11.1 Å². The van der Waals surface area contributed by atoms with Gasteiger partial charge in [-0.1, -0.05) is 54.6 Å². The molecule has 0 bridgehead atoms. The lowest BCUT2D eigenvalue weighted by Crippen LogP contribution is -2.42. The standard InChI is InChI=1S/C20H21NO7S/c22-18(16-9-5-4-8-15(16)14-6-2-1-3-7-14)10-11-19(23)21-17(20(24)25)12-13-29(26,27)28/h1-9,17H,10-13H2,(H,21,23)(H,24,25)(H,26,27,28)/t17-/m0/s1. The van der Waals surface area contributed by atoms with E-state index in [-0.39, 0.29) is 18.6 Å². The first kappa shape index (κ1) is 22.3. The van der Waals surface area contributed by atoms with Crippen molar-refractivity contribution in [1.29, 1.82) is 0 Å². The highest BCUT2D eigenvalue weighted by Gasteiger charge is 2.23. The van der Waals surface area contributed by atoms with Crippen LogP contribution in [0.15, 0.2) is 54.6 Å². The Bertz CT molecular complexity index is 987. The molecular weight excluding hydrogens is 398 g/mol. The molecule has 9 heteroatoms. The summed E-state index contributed by atoms with van der Waals surface area (Å²) >= 11 is 0. The van der Waals surface area contributed by atoms with Crippen LogP contribution in [0.3, 0.4) is 0 Å². The number of Topliss-reactive ketones (excluding diaryl/α,β-unsaturated/α-hetero) is 1. The second-order valence-electron chi connectivity index (χ2n) is 6.37. The lowest BCUT2D eigenvalue weighted by molar-refractivity contribution is -0.141. The van der Waals surface area contributed by atoms with E-state index in [0.717, 1.165) is 11.1 Å². The van der Waals surface area contributed by atoms with E-state index in [1.165, 1.54) is 0 Å². The number of amides is 1. The number of carboxylic acid groups (broad SMARTS) is 1. The molecule has 0 aliphatic rings. The summed E-state index contributed by atoms with van der Waals surface area (Å²) in [5, 5.41) is 11.3. The predicted octanol–water partition coefficient (Wildman–Crippen LogP) is 2.16. The number of carboxylic acids is 1. The number of carbonyl (C=O) groups excluding carboxylic acids is 2. The molecule has 2 rings (SSSR count). The topological polar surface area (TPSA) is 138 Å². The summed E-state index contributed by atoms with van der Waals surface area (Å²) in [6.07, 6.45) is -0.872. The van der Waals surface area contributed by atoms with Gasteiger partial charge in [-0.2, -0.15) is 8.42 Å². The molecular formula is C20H21NO7S. The molecule has 2 aromatic carbocycles. The molecule has 1 atom stereocenters. The first-order valence-electron chi connectivity index (χ1n) is 8.82. The van der Waals surface area contributed by atoms with Gasteiger partial charge in [-0.3, -0.25) is 14.1 Å². The number of nitrogens with one attached hydrogen (secondary N) is 1. The molecule has 8 nitrogen and oxygen atoms in total. The van der Waals surface area contributed by atoms with Crippen molar-refractivity contribution < 1.29 is 32.5 Å². The lowest BCUT2D eigenvalue weighted by Gasteiger charge is -2.14. The maximum atomic E-state index is 12.6. The van der Waals surface area contributed by atoms with Crippen molar-refractivity contribution in [3.05, 3.63) is 60.2 Å². The summed E-state index contributed by atoms with van der Waals surface area (Å²) in [6.45, 7) is 0. The highest BCUT2D eigenvalue weighted by Crippen LogP contribution is 2.24. The van der Waals surface area contributed by atoms with Crippen molar-refractivity contribution in [2.45, 2.75) is 25.3 Å². The van der Waals surface area contributed by atoms with Crippen LogP contribution in [0.4, 0.5) is 0 Å². The SMILES string of the molecule is O=C(CCC(=O)c1ccccc1-c1ccccc1)N[C@@H](CCS(=O)(=O)O)C(=O)O. The van der Waals surface area contributed by atoms with Gasteiger partial charge in [0.05, 0.1) is 5.75 Å². The Hall–Kier alpha value is -3.04. The summed E-state index contributed by atoms with van der Waals surface area (Å²) in [6, 6.07) is 14.8. The number of carbonyl (C=O) groups is 3. The summed E-state index contributed by atoms with van der Waals surface area (Å²) in [5.74, 6) is -3.20. The number of hydrogen-bond acceptors (Lipinski definition) is 5. The minimum Gasteiger partial charge on any atom is -0.480 e. The van der Waals surface area contributed by atoms with E-state index in [1.54, 1.807) is 24.3 Å². The van der Waals surface area contributed by atoms with Crippen LogP contribution >= 0.6 is 0 Å². The monoisotopic (exact) mass is 419 g/mol. The van der Waals surface area contributed by atoms with E-state index >= 15 is 0 Å². The maximum Gasteiger partial charge on any atom is 0.326 e. The lowest BCUT2D eigenvalue weighted by atomic mass is 9.95. The quantitative estimate of drug-likeness (QED) is 0.396. The zero-order valence-electron chi connectivity index (χ0n) is 15.4. The van der Waals surface area contributed by atoms with Crippen LogP contribution in [0, 0.1) is 0 Å². The van der Waals surface area contributed by atoms with Gasteiger partial charge in [0.15, 0.2) is 5.78 Å². The zero-order valence-corrected chi connectivity index (χ0v) is 16.3. The van der Waals surface area contributed by atoms with Crippen molar-refractivity contribution in [2.24, 2.45) is 0 Å². The predicted molar refractivity (Wildman–Crippen MR) is 106 cm³/mol. The van der Waals surface area contributed by atoms with Gasteiger partial charge in [0.2, 0.25) is 5.91 Å². The Morgan fingerprint density at radius 1 is 0.931 bits per heavy atom. The Labute approximate surface area is 168 Å². The van der Waals surface area contributed by atoms with Gasteiger partial charge < -0.3 is 10.4 Å². The van der Waals surface area contributed by atoms with Gasteiger partial charge in [-0.25, -0.2) is 4.79 Å². The van der Waals surface area contributed by atoms with E-state index in [1.807, 2.05) is 30.3 Å². The van der Waals surface area contributed by atoms with E-state index in [9.17, 15) is 22.8 Å². The Kier molecular flexibility index (Phi) is 7.63. The number of benzene rings is 2. The van der Waals surface area contributed by atoms with Crippen LogP contribution in [0.5, 0.6) is 0 Å². The van der Waals surface area contributed by atoms with Gasteiger partial charge in [0.25, 0.3) is 10.1 Å². The molecule has 29 heavy (non-hydrogen) atoms. The molecule has 0 radical (unpaired) electrons. The summed E-state index contributed by atoms with van der Waals surface area (Å²) in [4.78, 5) is 35.8. The van der Waals surface area contributed by atoms with Crippen molar-refractivity contribution in [2.75, 3.05) is 5.75 Å².